The second-order valence-corrected chi connectivity index (χ2v) is 6.41. The van der Waals surface area contributed by atoms with Crippen molar-refractivity contribution in [3.63, 3.8) is 0 Å². The summed E-state index contributed by atoms with van der Waals surface area (Å²) in [6, 6.07) is 5.97. The van der Waals surface area contributed by atoms with E-state index in [1.807, 2.05) is 25.1 Å². The van der Waals surface area contributed by atoms with Crippen molar-refractivity contribution in [3.05, 3.63) is 28.6 Å². The number of rotatable bonds is 2. The lowest BCUT2D eigenvalue weighted by atomic mass is 10.1. The number of nitrogens with two attached hydrogens (primary N) is 1. The normalized spacial score (nSPS) is 18.5. The molecule has 1 aromatic heterocycles. The molecule has 2 heterocycles. The number of nitrogen functional groups attached to an aromatic ring is 1. The Hall–Kier alpha value is -2.08. The zero-order valence-electron chi connectivity index (χ0n) is 11.7. The number of amides is 2. The summed E-state index contributed by atoms with van der Waals surface area (Å²) >= 11 is 1.41. The van der Waals surface area contributed by atoms with Crippen LogP contribution < -0.4 is 16.4 Å². The molecule has 1 atom stereocenters. The van der Waals surface area contributed by atoms with Gasteiger partial charge in [-0.05, 0) is 25.5 Å². The van der Waals surface area contributed by atoms with Crippen molar-refractivity contribution in [1.29, 1.82) is 0 Å². The quantitative estimate of drug-likeness (QED) is 0.791. The lowest BCUT2D eigenvalue weighted by Gasteiger charge is -2.23. The number of carbonyl (C=O) groups excluding carboxylic acids is 2. The number of nitrogens with one attached hydrogen (secondary N) is 2. The molecule has 1 aliphatic heterocycles. The van der Waals surface area contributed by atoms with Crippen LogP contribution in [0.4, 0.5) is 5.69 Å². The fourth-order valence-electron chi connectivity index (χ4n) is 2.51. The van der Waals surface area contributed by atoms with Crippen LogP contribution >= 0.6 is 11.3 Å². The fraction of sp³-hybridized carbons (Fsp3) is 0.333. The number of aryl methyl sites for hydroxylation is 1. The molecule has 0 bridgehead atoms. The van der Waals surface area contributed by atoms with Crippen molar-refractivity contribution < 1.29 is 9.59 Å². The molecule has 1 fully saturated rings. The zero-order chi connectivity index (χ0) is 15.0. The van der Waals surface area contributed by atoms with Crippen LogP contribution in [-0.4, -0.2) is 24.4 Å². The number of fused-ring (bicyclic) bond motifs is 1. The molecule has 1 unspecified atom stereocenters. The molecule has 4 N–H and O–H groups in total. The molecular weight excluding hydrogens is 286 g/mol. The number of hydrogen-bond donors (Lipinski definition) is 3. The number of hydrogen-bond acceptors (Lipinski definition) is 4. The van der Waals surface area contributed by atoms with Gasteiger partial charge in [0.2, 0.25) is 5.91 Å². The summed E-state index contributed by atoms with van der Waals surface area (Å²) < 4.78 is 1.01. The summed E-state index contributed by atoms with van der Waals surface area (Å²) in [5.41, 5.74) is 7.77. The molecule has 3 rings (SSSR count). The van der Waals surface area contributed by atoms with Crippen molar-refractivity contribution in [3.8, 4) is 0 Å². The standard InChI is InChI=1S/C15H17N3O2S/c1-8-2-4-11-10(6-8)13(16)14(21-11)15(20)18-9-3-5-12(19)17-7-9/h2,4,6,9H,3,5,7,16H2,1H3,(H,17,19)(H,18,20). The van der Waals surface area contributed by atoms with Crippen LogP contribution in [0.15, 0.2) is 18.2 Å². The first-order valence-electron chi connectivity index (χ1n) is 6.91. The maximum absolute atomic E-state index is 12.4. The molecule has 21 heavy (non-hydrogen) atoms. The van der Waals surface area contributed by atoms with Gasteiger partial charge in [-0.1, -0.05) is 11.6 Å². The van der Waals surface area contributed by atoms with Crippen LogP contribution in [-0.2, 0) is 4.79 Å². The van der Waals surface area contributed by atoms with E-state index < -0.39 is 0 Å². The SMILES string of the molecule is Cc1ccc2sc(C(=O)NC3CCC(=O)NC3)c(N)c2c1. The van der Waals surface area contributed by atoms with E-state index in [4.69, 9.17) is 5.73 Å². The van der Waals surface area contributed by atoms with Gasteiger partial charge >= 0.3 is 0 Å². The van der Waals surface area contributed by atoms with Crippen LogP contribution in [0.1, 0.15) is 28.1 Å². The maximum atomic E-state index is 12.4. The highest BCUT2D eigenvalue weighted by Gasteiger charge is 2.23. The lowest BCUT2D eigenvalue weighted by Crippen LogP contribution is -2.47. The Kier molecular flexibility index (Phi) is 3.55. The molecule has 1 saturated heterocycles. The second kappa shape index (κ2) is 5.37. The lowest BCUT2D eigenvalue weighted by molar-refractivity contribution is -0.122. The van der Waals surface area contributed by atoms with E-state index in [2.05, 4.69) is 10.6 Å². The predicted octanol–water partition coefficient (Wildman–Crippen LogP) is 1.80. The topological polar surface area (TPSA) is 84.2 Å². The second-order valence-electron chi connectivity index (χ2n) is 5.36. The Bertz CT molecular complexity index is 713. The van der Waals surface area contributed by atoms with E-state index in [1.165, 1.54) is 11.3 Å². The molecule has 1 aliphatic rings. The minimum Gasteiger partial charge on any atom is -0.397 e. The van der Waals surface area contributed by atoms with Gasteiger partial charge in [-0.15, -0.1) is 11.3 Å². The summed E-state index contributed by atoms with van der Waals surface area (Å²) in [6.07, 6.45) is 1.12. The number of thiophene rings is 1. The van der Waals surface area contributed by atoms with Crippen molar-refractivity contribution in [2.75, 3.05) is 12.3 Å². The molecule has 1 aromatic carbocycles. The van der Waals surface area contributed by atoms with E-state index in [-0.39, 0.29) is 17.9 Å². The van der Waals surface area contributed by atoms with Gasteiger partial charge in [0.1, 0.15) is 4.88 Å². The third kappa shape index (κ3) is 2.71. The molecule has 0 aliphatic carbocycles. The Balaban J connectivity index is 1.81. The van der Waals surface area contributed by atoms with Gasteiger partial charge in [0.15, 0.2) is 0 Å². The highest BCUT2D eigenvalue weighted by atomic mass is 32.1. The van der Waals surface area contributed by atoms with E-state index >= 15 is 0 Å². The minimum atomic E-state index is -0.160. The number of anilines is 1. The average molecular weight is 303 g/mol. The van der Waals surface area contributed by atoms with Gasteiger partial charge in [-0.3, -0.25) is 9.59 Å². The van der Waals surface area contributed by atoms with E-state index in [0.29, 0.717) is 30.0 Å². The number of carbonyl (C=O) groups is 2. The van der Waals surface area contributed by atoms with Crippen LogP contribution in [0.2, 0.25) is 0 Å². The molecular formula is C15H17N3O2S. The largest absolute Gasteiger partial charge is 0.397 e. The van der Waals surface area contributed by atoms with Gasteiger partial charge in [0.05, 0.1) is 5.69 Å². The zero-order valence-corrected chi connectivity index (χ0v) is 12.5. The average Bonchev–Trinajstić information content (AvgIpc) is 2.79. The Labute approximate surface area is 126 Å². The summed E-state index contributed by atoms with van der Waals surface area (Å²) in [5.74, 6) is -0.121. The summed E-state index contributed by atoms with van der Waals surface area (Å²) in [5, 5.41) is 6.64. The maximum Gasteiger partial charge on any atom is 0.263 e. The van der Waals surface area contributed by atoms with Gasteiger partial charge in [0, 0.05) is 29.1 Å². The number of piperidine rings is 1. The predicted molar refractivity (Wildman–Crippen MR) is 84.5 cm³/mol. The molecule has 0 spiro atoms. The van der Waals surface area contributed by atoms with E-state index in [0.717, 1.165) is 15.6 Å². The van der Waals surface area contributed by atoms with E-state index in [1.54, 1.807) is 0 Å². The van der Waals surface area contributed by atoms with Gasteiger partial charge in [-0.2, -0.15) is 0 Å². The molecule has 6 heteroatoms. The number of benzene rings is 1. The first-order chi connectivity index (χ1) is 10.0. The smallest absolute Gasteiger partial charge is 0.263 e. The monoisotopic (exact) mass is 303 g/mol. The Morgan fingerprint density at radius 3 is 3.00 bits per heavy atom. The van der Waals surface area contributed by atoms with Crippen molar-refractivity contribution in [1.82, 2.24) is 10.6 Å². The van der Waals surface area contributed by atoms with Crippen molar-refractivity contribution >= 4 is 38.9 Å². The fourth-order valence-corrected chi connectivity index (χ4v) is 3.51. The van der Waals surface area contributed by atoms with Crippen LogP contribution in [0, 0.1) is 6.92 Å². The molecule has 2 amide bonds. The first kappa shape index (κ1) is 13.9. The summed E-state index contributed by atoms with van der Waals surface area (Å²) in [7, 11) is 0. The van der Waals surface area contributed by atoms with Gasteiger partial charge in [-0.25, -0.2) is 0 Å². The first-order valence-corrected chi connectivity index (χ1v) is 7.72. The van der Waals surface area contributed by atoms with E-state index in [9.17, 15) is 9.59 Å². The third-order valence-electron chi connectivity index (χ3n) is 3.69. The summed E-state index contributed by atoms with van der Waals surface area (Å²) in [6.45, 7) is 2.48. The van der Waals surface area contributed by atoms with Crippen molar-refractivity contribution in [2.45, 2.75) is 25.8 Å². The molecule has 0 saturated carbocycles. The minimum absolute atomic E-state index is 0.0263. The molecule has 2 aromatic rings. The van der Waals surface area contributed by atoms with Gasteiger partial charge < -0.3 is 16.4 Å². The Morgan fingerprint density at radius 1 is 1.48 bits per heavy atom. The van der Waals surface area contributed by atoms with Crippen LogP contribution in [0.5, 0.6) is 0 Å². The van der Waals surface area contributed by atoms with Crippen molar-refractivity contribution in [2.24, 2.45) is 0 Å². The molecule has 110 valence electrons. The van der Waals surface area contributed by atoms with Gasteiger partial charge in [0.25, 0.3) is 5.91 Å². The highest BCUT2D eigenvalue weighted by molar-refractivity contribution is 7.21. The van der Waals surface area contributed by atoms with Crippen LogP contribution in [0.3, 0.4) is 0 Å². The highest BCUT2D eigenvalue weighted by Crippen LogP contribution is 2.34. The van der Waals surface area contributed by atoms with Crippen LogP contribution in [0.25, 0.3) is 10.1 Å². The molecule has 0 radical (unpaired) electrons. The summed E-state index contributed by atoms with van der Waals surface area (Å²) in [4.78, 5) is 24.1. The molecule has 5 nitrogen and oxygen atoms in total. The Morgan fingerprint density at radius 2 is 2.29 bits per heavy atom. The third-order valence-corrected chi connectivity index (χ3v) is 4.87.